The number of methoxy groups -OCH3 is 1. The number of rotatable bonds is 3. The highest BCUT2D eigenvalue weighted by atomic mass is 16.5. The van der Waals surface area contributed by atoms with E-state index in [2.05, 4.69) is 28.8 Å². The van der Waals surface area contributed by atoms with Gasteiger partial charge in [-0.1, -0.05) is 13.0 Å². The Bertz CT molecular complexity index is 201. The van der Waals surface area contributed by atoms with E-state index in [0.29, 0.717) is 12.3 Å². The molecule has 3 heteroatoms. The van der Waals surface area contributed by atoms with E-state index >= 15 is 0 Å². The monoisotopic (exact) mass is 183 g/mol. The minimum Gasteiger partial charge on any atom is -0.469 e. The zero-order valence-electron chi connectivity index (χ0n) is 8.32. The molecule has 3 nitrogen and oxygen atoms in total. The summed E-state index contributed by atoms with van der Waals surface area (Å²) < 4.78 is 4.57. The Morgan fingerprint density at radius 2 is 2.46 bits per heavy atom. The first-order valence-electron chi connectivity index (χ1n) is 4.71. The van der Waals surface area contributed by atoms with Crippen molar-refractivity contribution >= 4 is 5.97 Å². The maximum atomic E-state index is 10.8. The third kappa shape index (κ3) is 3.49. The van der Waals surface area contributed by atoms with Gasteiger partial charge in [-0.25, -0.2) is 0 Å². The van der Waals surface area contributed by atoms with Gasteiger partial charge in [0.2, 0.25) is 0 Å². The largest absolute Gasteiger partial charge is 0.469 e. The molecule has 0 aliphatic carbocycles. The van der Waals surface area contributed by atoms with E-state index in [4.69, 9.17) is 0 Å². The van der Waals surface area contributed by atoms with E-state index in [9.17, 15) is 4.79 Å². The zero-order chi connectivity index (χ0) is 9.68. The van der Waals surface area contributed by atoms with Crippen LogP contribution in [0.3, 0.4) is 0 Å². The van der Waals surface area contributed by atoms with Crippen LogP contribution >= 0.6 is 0 Å². The summed E-state index contributed by atoms with van der Waals surface area (Å²) in [5.41, 5.74) is 0. The molecule has 0 bridgehead atoms. The SMILES string of the molecule is COC(=O)CCN1C=CC(C)CC1. The Balaban J connectivity index is 2.23. The fraction of sp³-hybridized carbons (Fsp3) is 0.700. The van der Waals surface area contributed by atoms with Crippen molar-refractivity contribution in [1.82, 2.24) is 4.90 Å². The first kappa shape index (κ1) is 10.1. The molecule has 1 heterocycles. The Morgan fingerprint density at radius 1 is 1.69 bits per heavy atom. The summed E-state index contributed by atoms with van der Waals surface area (Å²) in [4.78, 5) is 13.0. The molecule has 1 atom stereocenters. The first-order valence-corrected chi connectivity index (χ1v) is 4.71. The van der Waals surface area contributed by atoms with Crippen LogP contribution in [0.4, 0.5) is 0 Å². The second-order valence-corrected chi connectivity index (χ2v) is 3.47. The van der Waals surface area contributed by atoms with Crippen LogP contribution in [0.2, 0.25) is 0 Å². The van der Waals surface area contributed by atoms with Crippen molar-refractivity contribution in [3.05, 3.63) is 12.3 Å². The molecule has 0 saturated heterocycles. The lowest BCUT2D eigenvalue weighted by Crippen LogP contribution is -2.26. The lowest BCUT2D eigenvalue weighted by atomic mass is 10.1. The van der Waals surface area contributed by atoms with Gasteiger partial charge in [0, 0.05) is 13.1 Å². The quantitative estimate of drug-likeness (QED) is 0.619. The molecule has 0 aromatic rings. The van der Waals surface area contributed by atoms with Crippen LogP contribution in [-0.4, -0.2) is 31.1 Å². The molecule has 1 rings (SSSR count). The van der Waals surface area contributed by atoms with Crippen molar-refractivity contribution in [3.8, 4) is 0 Å². The number of nitrogens with zero attached hydrogens (tertiary/aromatic N) is 1. The second-order valence-electron chi connectivity index (χ2n) is 3.47. The molecule has 0 saturated carbocycles. The van der Waals surface area contributed by atoms with Crippen molar-refractivity contribution in [3.63, 3.8) is 0 Å². The molecule has 0 aromatic carbocycles. The van der Waals surface area contributed by atoms with Gasteiger partial charge < -0.3 is 9.64 Å². The Morgan fingerprint density at radius 3 is 3.00 bits per heavy atom. The second kappa shape index (κ2) is 4.90. The molecule has 13 heavy (non-hydrogen) atoms. The van der Waals surface area contributed by atoms with Gasteiger partial charge in [-0.2, -0.15) is 0 Å². The molecule has 0 fully saturated rings. The lowest BCUT2D eigenvalue weighted by molar-refractivity contribution is -0.140. The maximum absolute atomic E-state index is 10.8. The van der Waals surface area contributed by atoms with Gasteiger partial charge in [0.1, 0.15) is 0 Å². The average molecular weight is 183 g/mol. The third-order valence-corrected chi connectivity index (χ3v) is 2.33. The number of carbonyl (C=O) groups is 1. The van der Waals surface area contributed by atoms with Gasteiger partial charge in [0.25, 0.3) is 0 Å². The molecule has 0 N–H and O–H groups in total. The highest BCUT2D eigenvalue weighted by Crippen LogP contribution is 2.12. The van der Waals surface area contributed by atoms with Crippen LogP contribution in [0.15, 0.2) is 12.3 Å². The van der Waals surface area contributed by atoms with Crippen LogP contribution in [0.1, 0.15) is 19.8 Å². The molecular weight excluding hydrogens is 166 g/mol. The molecule has 74 valence electrons. The van der Waals surface area contributed by atoms with Crippen molar-refractivity contribution in [1.29, 1.82) is 0 Å². The predicted molar refractivity (Wildman–Crippen MR) is 51.1 cm³/mol. The van der Waals surface area contributed by atoms with Crippen LogP contribution in [0, 0.1) is 5.92 Å². The average Bonchev–Trinajstić information content (AvgIpc) is 2.16. The minimum atomic E-state index is -0.132. The van der Waals surface area contributed by atoms with Crippen LogP contribution in [-0.2, 0) is 9.53 Å². The number of carbonyl (C=O) groups excluding carboxylic acids is 1. The smallest absolute Gasteiger partial charge is 0.307 e. The fourth-order valence-electron chi connectivity index (χ4n) is 1.33. The number of hydrogen-bond donors (Lipinski definition) is 0. The molecule has 1 unspecified atom stereocenters. The Kier molecular flexibility index (Phi) is 3.80. The van der Waals surface area contributed by atoms with E-state index in [-0.39, 0.29) is 5.97 Å². The van der Waals surface area contributed by atoms with E-state index in [0.717, 1.165) is 13.1 Å². The normalized spacial score (nSPS) is 21.7. The van der Waals surface area contributed by atoms with Gasteiger partial charge in [0.15, 0.2) is 0 Å². The lowest BCUT2D eigenvalue weighted by Gasteiger charge is -2.25. The zero-order valence-corrected chi connectivity index (χ0v) is 8.32. The highest BCUT2D eigenvalue weighted by Gasteiger charge is 2.10. The summed E-state index contributed by atoms with van der Waals surface area (Å²) in [5, 5.41) is 0. The van der Waals surface area contributed by atoms with Gasteiger partial charge in [0.05, 0.1) is 13.5 Å². The van der Waals surface area contributed by atoms with Crippen molar-refractivity contribution in [2.45, 2.75) is 19.8 Å². The number of ether oxygens (including phenoxy) is 1. The van der Waals surface area contributed by atoms with Gasteiger partial charge in [-0.05, 0) is 18.5 Å². The van der Waals surface area contributed by atoms with Crippen LogP contribution in [0.5, 0.6) is 0 Å². The molecule has 0 radical (unpaired) electrons. The number of esters is 1. The topological polar surface area (TPSA) is 29.5 Å². The van der Waals surface area contributed by atoms with Crippen LogP contribution < -0.4 is 0 Å². The molecule has 1 aliphatic rings. The summed E-state index contributed by atoms with van der Waals surface area (Å²) in [7, 11) is 1.43. The van der Waals surface area contributed by atoms with Crippen molar-refractivity contribution in [2.75, 3.05) is 20.2 Å². The molecule has 0 amide bonds. The summed E-state index contributed by atoms with van der Waals surface area (Å²) in [6.07, 6.45) is 5.92. The van der Waals surface area contributed by atoms with Gasteiger partial charge in [-0.15, -0.1) is 0 Å². The number of allylic oxidation sites excluding steroid dienone is 1. The summed E-state index contributed by atoms with van der Waals surface area (Å²) in [6.45, 7) is 4.03. The third-order valence-electron chi connectivity index (χ3n) is 2.33. The molecule has 0 spiro atoms. The predicted octanol–water partition coefficient (Wildman–Crippen LogP) is 1.40. The molecular formula is C10H17NO2. The van der Waals surface area contributed by atoms with E-state index in [1.165, 1.54) is 13.5 Å². The first-order chi connectivity index (χ1) is 6.22. The fourth-order valence-corrected chi connectivity index (χ4v) is 1.33. The standard InChI is InChI=1S/C10H17NO2/c1-9-3-6-11(7-4-9)8-5-10(12)13-2/h3,6,9H,4-5,7-8H2,1-2H3. The van der Waals surface area contributed by atoms with Crippen molar-refractivity contribution < 1.29 is 9.53 Å². The maximum Gasteiger partial charge on any atom is 0.307 e. The number of hydrogen-bond acceptors (Lipinski definition) is 3. The van der Waals surface area contributed by atoms with E-state index in [1.807, 2.05) is 0 Å². The van der Waals surface area contributed by atoms with E-state index in [1.54, 1.807) is 0 Å². The minimum absolute atomic E-state index is 0.132. The Labute approximate surface area is 79.4 Å². The van der Waals surface area contributed by atoms with E-state index < -0.39 is 0 Å². The van der Waals surface area contributed by atoms with Gasteiger partial charge >= 0.3 is 5.97 Å². The molecule has 0 aromatic heterocycles. The highest BCUT2D eigenvalue weighted by molar-refractivity contribution is 5.69. The van der Waals surface area contributed by atoms with Crippen LogP contribution in [0.25, 0.3) is 0 Å². The summed E-state index contributed by atoms with van der Waals surface area (Å²) in [5.74, 6) is 0.543. The summed E-state index contributed by atoms with van der Waals surface area (Å²) in [6, 6.07) is 0. The van der Waals surface area contributed by atoms with Crippen molar-refractivity contribution in [2.24, 2.45) is 5.92 Å². The van der Waals surface area contributed by atoms with Gasteiger partial charge in [-0.3, -0.25) is 4.79 Å². The Hall–Kier alpha value is -0.990. The summed E-state index contributed by atoms with van der Waals surface area (Å²) >= 11 is 0. The molecule has 1 aliphatic heterocycles.